The fraction of sp³-hybridized carbons (Fsp3) is 0.571. The summed E-state index contributed by atoms with van der Waals surface area (Å²) in [5.74, 6) is 0.776. The Labute approximate surface area is 64.0 Å². The van der Waals surface area contributed by atoms with Gasteiger partial charge in [0.25, 0.3) is 0 Å². The number of nitrogens with two attached hydrogens (primary N) is 1. The van der Waals surface area contributed by atoms with Gasteiger partial charge in [0.2, 0.25) is 0 Å². The molecule has 4 heteroatoms. The molecule has 60 valence electrons. The molecule has 11 heavy (non-hydrogen) atoms. The molecule has 4 nitrogen and oxygen atoms in total. The first-order valence-electron chi connectivity index (χ1n) is 3.63. The van der Waals surface area contributed by atoms with Crippen molar-refractivity contribution in [3.05, 3.63) is 17.5 Å². The molecule has 1 heterocycles. The number of rotatable bonds is 1. The van der Waals surface area contributed by atoms with E-state index < -0.39 is 5.60 Å². The first-order valence-corrected chi connectivity index (χ1v) is 3.63. The van der Waals surface area contributed by atoms with Gasteiger partial charge in [-0.15, -0.1) is 0 Å². The molecule has 1 aliphatic carbocycles. The summed E-state index contributed by atoms with van der Waals surface area (Å²) < 4.78 is 4.91. The molecule has 0 amide bonds. The maximum atomic E-state index is 9.82. The van der Waals surface area contributed by atoms with Crippen molar-refractivity contribution in [1.82, 2.24) is 5.16 Å². The summed E-state index contributed by atoms with van der Waals surface area (Å²) in [6, 6.07) is 0. The summed E-state index contributed by atoms with van der Waals surface area (Å²) in [6.07, 6.45) is 2.94. The van der Waals surface area contributed by atoms with Crippen LogP contribution in [0.25, 0.3) is 0 Å². The summed E-state index contributed by atoms with van der Waals surface area (Å²) in [6.45, 7) is 0.237. The molecule has 1 unspecified atom stereocenters. The molecule has 0 spiro atoms. The van der Waals surface area contributed by atoms with E-state index in [1.807, 2.05) is 0 Å². The van der Waals surface area contributed by atoms with Gasteiger partial charge in [0.15, 0.2) is 0 Å². The third kappa shape index (κ3) is 0.797. The Bertz CT molecular complexity index is 271. The summed E-state index contributed by atoms with van der Waals surface area (Å²) in [7, 11) is 0. The van der Waals surface area contributed by atoms with Crippen molar-refractivity contribution in [2.24, 2.45) is 5.73 Å². The minimum Gasteiger partial charge on any atom is -0.384 e. The van der Waals surface area contributed by atoms with Crippen LogP contribution in [0.5, 0.6) is 0 Å². The third-order valence-electron chi connectivity index (χ3n) is 2.25. The van der Waals surface area contributed by atoms with Crippen molar-refractivity contribution >= 4 is 0 Å². The fourth-order valence-corrected chi connectivity index (χ4v) is 1.49. The van der Waals surface area contributed by atoms with Gasteiger partial charge in [-0.25, -0.2) is 0 Å². The lowest BCUT2D eigenvalue weighted by Crippen LogP contribution is -2.31. The molecule has 0 radical (unpaired) electrons. The number of aryl methyl sites for hydroxylation is 1. The standard InChI is InChI=1S/C7H10N2O2/c8-4-7(10)2-1-6-5(7)3-9-11-6/h3,10H,1-2,4,8H2. The van der Waals surface area contributed by atoms with Gasteiger partial charge in [-0.2, -0.15) is 0 Å². The second kappa shape index (κ2) is 2.06. The van der Waals surface area contributed by atoms with Crippen molar-refractivity contribution in [3.63, 3.8) is 0 Å². The lowest BCUT2D eigenvalue weighted by Gasteiger charge is -2.18. The third-order valence-corrected chi connectivity index (χ3v) is 2.25. The topological polar surface area (TPSA) is 72.3 Å². The van der Waals surface area contributed by atoms with Crippen LogP contribution >= 0.6 is 0 Å². The number of hydrogen-bond acceptors (Lipinski definition) is 4. The van der Waals surface area contributed by atoms with Gasteiger partial charge in [-0.1, -0.05) is 5.16 Å². The van der Waals surface area contributed by atoms with Crippen LogP contribution in [0.4, 0.5) is 0 Å². The van der Waals surface area contributed by atoms with Crippen LogP contribution < -0.4 is 5.73 Å². The number of aliphatic hydroxyl groups is 1. The summed E-state index contributed by atoms with van der Waals surface area (Å²) in [5, 5.41) is 13.4. The lowest BCUT2D eigenvalue weighted by atomic mass is 9.99. The SMILES string of the molecule is NCC1(O)CCc2oncc21. The molecular formula is C7H10N2O2. The number of hydrogen-bond donors (Lipinski definition) is 2. The Balaban J connectivity index is 2.45. The first-order chi connectivity index (χ1) is 5.26. The zero-order chi connectivity index (χ0) is 7.90. The summed E-state index contributed by atoms with van der Waals surface area (Å²) >= 11 is 0. The van der Waals surface area contributed by atoms with Crippen LogP contribution in [-0.4, -0.2) is 16.8 Å². The molecular weight excluding hydrogens is 144 g/mol. The van der Waals surface area contributed by atoms with E-state index in [-0.39, 0.29) is 6.54 Å². The highest BCUT2D eigenvalue weighted by atomic mass is 16.5. The smallest absolute Gasteiger partial charge is 0.142 e. The van der Waals surface area contributed by atoms with Crippen LogP contribution in [0.1, 0.15) is 17.7 Å². The second-order valence-corrected chi connectivity index (χ2v) is 2.90. The number of fused-ring (bicyclic) bond motifs is 1. The van der Waals surface area contributed by atoms with E-state index in [1.54, 1.807) is 6.20 Å². The zero-order valence-electron chi connectivity index (χ0n) is 6.08. The van der Waals surface area contributed by atoms with E-state index in [0.29, 0.717) is 6.42 Å². The van der Waals surface area contributed by atoms with Crippen LogP contribution in [0.2, 0.25) is 0 Å². The van der Waals surface area contributed by atoms with Gasteiger partial charge >= 0.3 is 0 Å². The van der Waals surface area contributed by atoms with Gasteiger partial charge in [-0.3, -0.25) is 0 Å². The molecule has 0 saturated carbocycles. The average molecular weight is 154 g/mol. The monoisotopic (exact) mass is 154 g/mol. The quantitative estimate of drug-likeness (QED) is 0.586. The molecule has 0 aromatic carbocycles. The van der Waals surface area contributed by atoms with Crippen molar-refractivity contribution in [2.45, 2.75) is 18.4 Å². The van der Waals surface area contributed by atoms with E-state index in [1.165, 1.54) is 0 Å². The van der Waals surface area contributed by atoms with Crippen molar-refractivity contribution in [2.75, 3.05) is 6.54 Å². The van der Waals surface area contributed by atoms with Crippen molar-refractivity contribution < 1.29 is 9.63 Å². The molecule has 0 saturated heterocycles. The van der Waals surface area contributed by atoms with Crippen molar-refractivity contribution in [3.8, 4) is 0 Å². The number of nitrogens with zero attached hydrogens (tertiary/aromatic N) is 1. The maximum Gasteiger partial charge on any atom is 0.142 e. The molecule has 0 fully saturated rings. The van der Waals surface area contributed by atoms with Crippen LogP contribution in [-0.2, 0) is 12.0 Å². The van der Waals surface area contributed by atoms with Crippen LogP contribution in [0, 0.1) is 0 Å². The normalized spacial score (nSPS) is 28.9. The summed E-state index contributed by atoms with van der Waals surface area (Å²) in [5.41, 5.74) is 5.31. The predicted octanol–water partition coefficient (Wildman–Crippen LogP) is -0.233. The fourth-order valence-electron chi connectivity index (χ4n) is 1.49. The Hall–Kier alpha value is -0.870. The molecule has 2 rings (SSSR count). The average Bonchev–Trinajstić information content (AvgIpc) is 2.55. The van der Waals surface area contributed by atoms with Gasteiger partial charge in [0, 0.05) is 18.5 Å². The van der Waals surface area contributed by atoms with Crippen molar-refractivity contribution in [1.29, 1.82) is 0 Å². The number of aromatic nitrogens is 1. The molecule has 1 aliphatic rings. The van der Waals surface area contributed by atoms with E-state index in [9.17, 15) is 5.11 Å². The van der Waals surface area contributed by atoms with E-state index in [4.69, 9.17) is 10.3 Å². The van der Waals surface area contributed by atoms with E-state index >= 15 is 0 Å². The predicted molar refractivity (Wildman–Crippen MR) is 37.8 cm³/mol. The maximum absolute atomic E-state index is 9.82. The molecule has 1 aromatic heterocycles. The van der Waals surface area contributed by atoms with Gasteiger partial charge in [0.05, 0.1) is 6.20 Å². The molecule has 1 aromatic rings. The highest BCUT2D eigenvalue weighted by molar-refractivity contribution is 5.28. The van der Waals surface area contributed by atoms with Gasteiger partial charge < -0.3 is 15.4 Å². The van der Waals surface area contributed by atoms with Gasteiger partial charge in [0.1, 0.15) is 11.4 Å². The van der Waals surface area contributed by atoms with Crippen LogP contribution in [0.3, 0.4) is 0 Å². The molecule has 0 aliphatic heterocycles. The largest absolute Gasteiger partial charge is 0.384 e. The highest BCUT2D eigenvalue weighted by Crippen LogP contribution is 2.35. The second-order valence-electron chi connectivity index (χ2n) is 2.90. The Morgan fingerprint density at radius 2 is 2.64 bits per heavy atom. The molecule has 0 bridgehead atoms. The van der Waals surface area contributed by atoms with E-state index in [2.05, 4.69) is 5.16 Å². The first kappa shape index (κ1) is 6.82. The molecule has 3 N–H and O–H groups in total. The van der Waals surface area contributed by atoms with Crippen LogP contribution in [0.15, 0.2) is 10.7 Å². The Morgan fingerprint density at radius 3 is 3.36 bits per heavy atom. The zero-order valence-corrected chi connectivity index (χ0v) is 6.08. The minimum absolute atomic E-state index is 0.237. The Morgan fingerprint density at radius 1 is 1.82 bits per heavy atom. The minimum atomic E-state index is -0.880. The summed E-state index contributed by atoms with van der Waals surface area (Å²) in [4.78, 5) is 0. The molecule has 1 atom stereocenters. The van der Waals surface area contributed by atoms with E-state index in [0.717, 1.165) is 17.7 Å². The lowest BCUT2D eigenvalue weighted by molar-refractivity contribution is 0.0479. The van der Waals surface area contributed by atoms with Gasteiger partial charge in [-0.05, 0) is 6.42 Å². The highest BCUT2D eigenvalue weighted by Gasteiger charge is 2.38. The Kier molecular flexibility index (Phi) is 1.27.